The molecule has 1 unspecified atom stereocenters. The van der Waals surface area contributed by atoms with Gasteiger partial charge in [0.1, 0.15) is 0 Å². The summed E-state index contributed by atoms with van der Waals surface area (Å²) in [7, 11) is 0. The van der Waals surface area contributed by atoms with Gasteiger partial charge in [-0.05, 0) is 25.2 Å². The van der Waals surface area contributed by atoms with Crippen LogP contribution in [0.5, 0.6) is 0 Å². The lowest BCUT2D eigenvalue weighted by molar-refractivity contribution is -0.135. The first-order chi connectivity index (χ1) is 8.04. The van der Waals surface area contributed by atoms with Crippen LogP contribution in [0.25, 0.3) is 0 Å². The molecule has 1 aliphatic rings. The molecule has 0 aromatic rings. The van der Waals surface area contributed by atoms with Crippen LogP contribution in [0.2, 0.25) is 0 Å². The quantitative estimate of drug-likeness (QED) is 0.488. The Balaban J connectivity index is -0.000000266. The first-order valence-corrected chi connectivity index (χ1v) is 6.49. The van der Waals surface area contributed by atoms with E-state index in [1.165, 1.54) is 0 Å². The fourth-order valence-electron chi connectivity index (χ4n) is 1.81. The van der Waals surface area contributed by atoms with E-state index >= 15 is 0 Å². The highest BCUT2D eigenvalue weighted by Gasteiger charge is 2.40. The van der Waals surface area contributed by atoms with E-state index in [9.17, 15) is 22.0 Å². The van der Waals surface area contributed by atoms with E-state index in [4.69, 9.17) is 0 Å². The SMILES string of the molecule is C.C.CC(C)CCCC(F)(F)F.CC1CCCC1(F)F. The van der Waals surface area contributed by atoms with Crippen molar-refractivity contribution in [3.05, 3.63) is 0 Å². The van der Waals surface area contributed by atoms with Crippen molar-refractivity contribution < 1.29 is 22.0 Å². The van der Waals surface area contributed by atoms with Crippen LogP contribution in [0.1, 0.15) is 74.1 Å². The van der Waals surface area contributed by atoms with Crippen molar-refractivity contribution in [2.24, 2.45) is 11.8 Å². The monoisotopic (exact) mass is 306 g/mol. The highest BCUT2D eigenvalue weighted by molar-refractivity contribution is 4.80. The van der Waals surface area contributed by atoms with Crippen LogP contribution in [0, 0.1) is 11.8 Å². The molecule has 5 heteroatoms. The average molecular weight is 306 g/mol. The molecule has 1 saturated carbocycles. The van der Waals surface area contributed by atoms with Gasteiger partial charge in [-0.2, -0.15) is 13.2 Å². The zero-order chi connectivity index (χ0) is 14.4. The normalized spacial score (nSPS) is 20.6. The summed E-state index contributed by atoms with van der Waals surface area (Å²) in [5.74, 6) is -2.34. The lowest BCUT2D eigenvalue weighted by Crippen LogP contribution is -2.17. The van der Waals surface area contributed by atoms with Gasteiger partial charge >= 0.3 is 6.18 Å². The molecule has 0 nitrogen and oxygen atoms in total. The number of hydrogen-bond donors (Lipinski definition) is 0. The minimum Gasteiger partial charge on any atom is -0.207 e. The minimum absolute atomic E-state index is 0. The second kappa shape index (κ2) is 10.4. The van der Waals surface area contributed by atoms with Crippen LogP contribution in [-0.2, 0) is 0 Å². The van der Waals surface area contributed by atoms with Gasteiger partial charge in [0.15, 0.2) is 0 Å². The zero-order valence-electron chi connectivity index (χ0n) is 11.3. The molecule has 0 aliphatic heterocycles. The maximum Gasteiger partial charge on any atom is 0.389 e. The van der Waals surface area contributed by atoms with Gasteiger partial charge in [-0.15, -0.1) is 0 Å². The van der Waals surface area contributed by atoms with E-state index in [1.807, 2.05) is 13.8 Å². The first kappa shape index (κ1) is 24.7. The van der Waals surface area contributed by atoms with Crippen molar-refractivity contribution in [2.75, 3.05) is 0 Å². The Morgan fingerprint density at radius 1 is 1.15 bits per heavy atom. The van der Waals surface area contributed by atoms with Crippen molar-refractivity contribution in [1.29, 1.82) is 0 Å². The van der Waals surface area contributed by atoms with E-state index in [-0.39, 0.29) is 33.6 Å². The molecule has 1 atom stereocenters. The van der Waals surface area contributed by atoms with E-state index < -0.39 is 18.5 Å². The summed E-state index contributed by atoms with van der Waals surface area (Å²) >= 11 is 0. The second-order valence-electron chi connectivity index (χ2n) is 5.46. The summed E-state index contributed by atoms with van der Waals surface area (Å²) in [5.41, 5.74) is 0. The Morgan fingerprint density at radius 2 is 1.65 bits per heavy atom. The van der Waals surface area contributed by atoms with Crippen LogP contribution in [0.15, 0.2) is 0 Å². The fraction of sp³-hybridized carbons (Fsp3) is 1.00. The minimum atomic E-state index is -3.96. The van der Waals surface area contributed by atoms with Crippen molar-refractivity contribution in [3.8, 4) is 0 Å². The molecule has 1 aliphatic carbocycles. The molecule has 0 saturated heterocycles. The van der Waals surface area contributed by atoms with Crippen LogP contribution in [0.4, 0.5) is 22.0 Å². The number of alkyl halides is 5. The Bertz CT molecular complexity index is 221. The number of hydrogen-bond acceptors (Lipinski definition) is 0. The standard InChI is InChI=1S/C7H13F3.C6H10F2.2CH4/c1-6(2)4-3-5-7(8,9)10;1-5-3-2-4-6(5,7)8;;/h6H,3-5H2,1-2H3;5H,2-4H2,1H3;2*1H4. The highest BCUT2D eigenvalue weighted by atomic mass is 19.4. The van der Waals surface area contributed by atoms with Gasteiger partial charge < -0.3 is 0 Å². The molecule has 20 heavy (non-hydrogen) atoms. The summed E-state index contributed by atoms with van der Waals surface area (Å²) in [6.45, 7) is 5.47. The van der Waals surface area contributed by atoms with Crippen molar-refractivity contribution in [1.82, 2.24) is 0 Å². The molecule has 1 fully saturated rings. The van der Waals surface area contributed by atoms with Gasteiger partial charge in [-0.25, -0.2) is 8.78 Å². The maximum absolute atomic E-state index is 12.3. The molecule has 1 rings (SSSR count). The van der Waals surface area contributed by atoms with Crippen molar-refractivity contribution >= 4 is 0 Å². The predicted molar refractivity (Wildman–Crippen MR) is 76.2 cm³/mol. The zero-order valence-corrected chi connectivity index (χ0v) is 11.3. The third-order valence-electron chi connectivity index (χ3n) is 3.11. The third kappa shape index (κ3) is 12.7. The topological polar surface area (TPSA) is 0 Å². The van der Waals surface area contributed by atoms with Crippen molar-refractivity contribution in [3.63, 3.8) is 0 Å². The lowest BCUT2D eigenvalue weighted by atomic mass is 10.1. The fourth-order valence-corrected chi connectivity index (χ4v) is 1.81. The van der Waals surface area contributed by atoms with Crippen LogP contribution in [-0.4, -0.2) is 12.1 Å². The molecular formula is C15H31F5. The summed E-state index contributed by atoms with van der Waals surface area (Å²) < 4.78 is 59.2. The van der Waals surface area contributed by atoms with Gasteiger partial charge in [0.05, 0.1) is 0 Å². The molecule has 0 radical (unpaired) electrons. The molecule has 0 bridgehead atoms. The maximum atomic E-state index is 12.3. The Labute approximate surface area is 121 Å². The van der Waals surface area contributed by atoms with E-state index in [2.05, 4.69) is 0 Å². The van der Waals surface area contributed by atoms with Gasteiger partial charge in [0.2, 0.25) is 0 Å². The molecule has 0 spiro atoms. The molecule has 0 amide bonds. The number of rotatable bonds is 3. The molecule has 126 valence electrons. The Morgan fingerprint density at radius 3 is 1.85 bits per heavy atom. The molecule has 0 aromatic carbocycles. The molecule has 0 aromatic heterocycles. The van der Waals surface area contributed by atoms with Gasteiger partial charge in [-0.3, -0.25) is 0 Å². The third-order valence-corrected chi connectivity index (χ3v) is 3.11. The van der Waals surface area contributed by atoms with Gasteiger partial charge in [-0.1, -0.05) is 42.0 Å². The van der Waals surface area contributed by atoms with E-state index in [0.717, 1.165) is 0 Å². The Kier molecular flexibility index (Phi) is 12.8. The first-order valence-electron chi connectivity index (χ1n) is 6.49. The smallest absolute Gasteiger partial charge is 0.207 e. The Hall–Kier alpha value is -0.350. The molecule has 0 N–H and O–H groups in total. The summed E-state index contributed by atoms with van der Waals surface area (Å²) in [4.78, 5) is 0. The van der Waals surface area contributed by atoms with E-state index in [0.29, 0.717) is 25.2 Å². The van der Waals surface area contributed by atoms with E-state index in [1.54, 1.807) is 6.92 Å². The lowest BCUT2D eigenvalue weighted by Gasteiger charge is -2.12. The molecule has 0 heterocycles. The van der Waals surface area contributed by atoms with Crippen molar-refractivity contribution in [2.45, 2.75) is 86.2 Å². The van der Waals surface area contributed by atoms with Crippen LogP contribution >= 0.6 is 0 Å². The highest BCUT2D eigenvalue weighted by Crippen LogP contribution is 2.39. The predicted octanol–water partition coefficient (Wildman–Crippen LogP) is 7.09. The number of halogens is 5. The molecular weight excluding hydrogens is 275 g/mol. The van der Waals surface area contributed by atoms with Crippen LogP contribution in [0.3, 0.4) is 0 Å². The van der Waals surface area contributed by atoms with Crippen LogP contribution < -0.4 is 0 Å². The summed E-state index contributed by atoms with van der Waals surface area (Å²) in [5, 5.41) is 0. The van der Waals surface area contributed by atoms with Gasteiger partial charge in [0.25, 0.3) is 5.92 Å². The second-order valence-corrected chi connectivity index (χ2v) is 5.46. The largest absolute Gasteiger partial charge is 0.389 e. The average Bonchev–Trinajstić information content (AvgIpc) is 2.43. The summed E-state index contributed by atoms with van der Waals surface area (Å²) in [6, 6.07) is 0. The summed E-state index contributed by atoms with van der Waals surface area (Å²) in [6.07, 6.45) is -2.16. The van der Waals surface area contributed by atoms with Gasteiger partial charge in [0, 0.05) is 18.8 Å².